The van der Waals surface area contributed by atoms with E-state index in [1.165, 1.54) is 0 Å². The highest BCUT2D eigenvalue weighted by molar-refractivity contribution is 5.68. The summed E-state index contributed by atoms with van der Waals surface area (Å²) >= 11 is 0. The molecule has 0 saturated heterocycles. The van der Waals surface area contributed by atoms with Gasteiger partial charge in [-0.25, -0.2) is 4.79 Å². The van der Waals surface area contributed by atoms with Gasteiger partial charge in [0.05, 0.1) is 0 Å². The SMILES string of the molecule is CCCNCc1ccccc1OCC(=O)O. The van der Waals surface area contributed by atoms with E-state index in [-0.39, 0.29) is 6.61 Å². The molecule has 88 valence electrons. The Morgan fingerprint density at radius 3 is 2.88 bits per heavy atom. The molecule has 1 aromatic rings. The Balaban J connectivity index is 2.56. The van der Waals surface area contributed by atoms with Crippen LogP contribution in [0.5, 0.6) is 5.75 Å². The Morgan fingerprint density at radius 1 is 1.44 bits per heavy atom. The molecule has 0 aliphatic carbocycles. The second kappa shape index (κ2) is 6.85. The van der Waals surface area contributed by atoms with Crippen molar-refractivity contribution >= 4 is 5.97 Å². The first-order chi connectivity index (χ1) is 7.74. The largest absolute Gasteiger partial charge is 0.482 e. The monoisotopic (exact) mass is 223 g/mol. The van der Waals surface area contributed by atoms with Gasteiger partial charge in [-0.15, -0.1) is 0 Å². The lowest BCUT2D eigenvalue weighted by Gasteiger charge is -2.10. The number of carboxylic acids is 1. The molecular formula is C12H17NO3. The fourth-order valence-corrected chi connectivity index (χ4v) is 1.33. The Morgan fingerprint density at radius 2 is 2.19 bits per heavy atom. The van der Waals surface area contributed by atoms with Crippen molar-refractivity contribution in [1.82, 2.24) is 5.32 Å². The van der Waals surface area contributed by atoms with Gasteiger partial charge in [0.25, 0.3) is 0 Å². The fourth-order valence-electron chi connectivity index (χ4n) is 1.33. The number of aliphatic carboxylic acids is 1. The molecule has 0 atom stereocenters. The third-order valence-corrected chi connectivity index (χ3v) is 2.07. The number of hydrogen-bond donors (Lipinski definition) is 2. The lowest BCUT2D eigenvalue weighted by atomic mass is 10.2. The van der Waals surface area contributed by atoms with Crippen molar-refractivity contribution in [3.63, 3.8) is 0 Å². The van der Waals surface area contributed by atoms with Crippen molar-refractivity contribution in [2.45, 2.75) is 19.9 Å². The van der Waals surface area contributed by atoms with Gasteiger partial charge in [0.1, 0.15) is 5.75 Å². The van der Waals surface area contributed by atoms with Gasteiger partial charge in [-0.05, 0) is 19.0 Å². The summed E-state index contributed by atoms with van der Waals surface area (Å²) in [4.78, 5) is 10.4. The lowest BCUT2D eigenvalue weighted by Crippen LogP contribution is -2.16. The molecule has 4 nitrogen and oxygen atoms in total. The van der Waals surface area contributed by atoms with Crippen LogP contribution in [-0.4, -0.2) is 24.2 Å². The zero-order chi connectivity index (χ0) is 11.8. The fraction of sp³-hybridized carbons (Fsp3) is 0.417. The number of para-hydroxylation sites is 1. The standard InChI is InChI=1S/C12H17NO3/c1-2-7-13-8-10-5-3-4-6-11(10)16-9-12(14)15/h3-6,13H,2,7-9H2,1H3,(H,14,15). The van der Waals surface area contributed by atoms with Crippen LogP contribution in [0.25, 0.3) is 0 Å². The minimum absolute atomic E-state index is 0.301. The summed E-state index contributed by atoms with van der Waals surface area (Å²) in [6.45, 7) is 3.43. The number of hydrogen-bond acceptors (Lipinski definition) is 3. The summed E-state index contributed by atoms with van der Waals surface area (Å²) in [5.41, 5.74) is 0.984. The van der Waals surface area contributed by atoms with Crippen LogP contribution in [0.4, 0.5) is 0 Å². The van der Waals surface area contributed by atoms with E-state index in [0.29, 0.717) is 12.3 Å². The summed E-state index contributed by atoms with van der Waals surface area (Å²) in [5.74, 6) is -0.329. The van der Waals surface area contributed by atoms with Crippen LogP contribution in [0.3, 0.4) is 0 Å². The Labute approximate surface area is 95.2 Å². The minimum atomic E-state index is -0.962. The van der Waals surface area contributed by atoms with E-state index in [2.05, 4.69) is 12.2 Å². The average molecular weight is 223 g/mol. The first kappa shape index (κ1) is 12.5. The third kappa shape index (κ3) is 4.31. The molecule has 0 heterocycles. The highest BCUT2D eigenvalue weighted by Gasteiger charge is 2.04. The predicted molar refractivity (Wildman–Crippen MR) is 61.6 cm³/mol. The Kier molecular flexibility index (Phi) is 5.36. The van der Waals surface area contributed by atoms with E-state index >= 15 is 0 Å². The second-order valence-corrected chi connectivity index (χ2v) is 3.47. The highest BCUT2D eigenvalue weighted by Crippen LogP contribution is 2.17. The van der Waals surface area contributed by atoms with Crippen molar-refractivity contribution < 1.29 is 14.6 Å². The number of rotatable bonds is 7. The minimum Gasteiger partial charge on any atom is -0.482 e. The number of nitrogens with one attached hydrogen (secondary N) is 1. The van der Waals surface area contributed by atoms with Gasteiger partial charge in [-0.1, -0.05) is 25.1 Å². The zero-order valence-corrected chi connectivity index (χ0v) is 9.40. The van der Waals surface area contributed by atoms with Crippen LogP contribution in [-0.2, 0) is 11.3 Å². The Bertz CT molecular complexity index is 339. The molecule has 0 aromatic heterocycles. The van der Waals surface area contributed by atoms with E-state index in [0.717, 1.165) is 18.5 Å². The van der Waals surface area contributed by atoms with E-state index < -0.39 is 5.97 Å². The van der Waals surface area contributed by atoms with Crippen LogP contribution >= 0.6 is 0 Å². The third-order valence-electron chi connectivity index (χ3n) is 2.07. The van der Waals surface area contributed by atoms with E-state index in [1.807, 2.05) is 18.2 Å². The van der Waals surface area contributed by atoms with Gasteiger partial charge in [0, 0.05) is 12.1 Å². The molecule has 0 spiro atoms. The summed E-state index contributed by atoms with van der Waals surface area (Å²) in [5, 5.41) is 11.8. The smallest absolute Gasteiger partial charge is 0.341 e. The van der Waals surface area contributed by atoms with E-state index in [9.17, 15) is 4.79 Å². The predicted octanol–water partition coefficient (Wildman–Crippen LogP) is 1.65. The molecule has 0 fully saturated rings. The molecule has 4 heteroatoms. The zero-order valence-electron chi connectivity index (χ0n) is 9.40. The number of carbonyl (C=O) groups is 1. The molecule has 0 bridgehead atoms. The summed E-state index contributed by atoms with van der Waals surface area (Å²) < 4.78 is 5.19. The molecular weight excluding hydrogens is 206 g/mol. The van der Waals surface area contributed by atoms with Crippen LogP contribution in [0.2, 0.25) is 0 Å². The van der Waals surface area contributed by atoms with Gasteiger partial charge < -0.3 is 15.2 Å². The Hall–Kier alpha value is -1.55. The topological polar surface area (TPSA) is 58.6 Å². The number of carboxylic acid groups (broad SMARTS) is 1. The van der Waals surface area contributed by atoms with Gasteiger partial charge in [0.2, 0.25) is 0 Å². The van der Waals surface area contributed by atoms with Gasteiger partial charge >= 0.3 is 5.97 Å². The van der Waals surface area contributed by atoms with Crippen molar-refractivity contribution in [2.75, 3.05) is 13.2 Å². The van der Waals surface area contributed by atoms with E-state index in [1.54, 1.807) is 6.07 Å². The second-order valence-electron chi connectivity index (χ2n) is 3.47. The molecule has 0 saturated carbocycles. The summed E-state index contributed by atoms with van der Waals surface area (Å²) in [7, 11) is 0. The average Bonchev–Trinajstić information content (AvgIpc) is 2.28. The maximum Gasteiger partial charge on any atom is 0.341 e. The van der Waals surface area contributed by atoms with Crippen molar-refractivity contribution in [3.8, 4) is 5.75 Å². The van der Waals surface area contributed by atoms with Crippen LogP contribution in [0.15, 0.2) is 24.3 Å². The maximum absolute atomic E-state index is 10.4. The molecule has 0 aliphatic rings. The molecule has 2 N–H and O–H groups in total. The van der Waals surface area contributed by atoms with E-state index in [4.69, 9.17) is 9.84 Å². The van der Waals surface area contributed by atoms with Crippen LogP contribution in [0.1, 0.15) is 18.9 Å². The number of ether oxygens (including phenoxy) is 1. The first-order valence-corrected chi connectivity index (χ1v) is 5.37. The molecule has 16 heavy (non-hydrogen) atoms. The van der Waals surface area contributed by atoms with Crippen molar-refractivity contribution in [1.29, 1.82) is 0 Å². The summed E-state index contributed by atoms with van der Waals surface area (Å²) in [6.07, 6.45) is 1.07. The summed E-state index contributed by atoms with van der Waals surface area (Å²) in [6, 6.07) is 7.46. The van der Waals surface area contributed by atoms with Gasteiger partial charge in [-0.3, -0.25) is 0 Å². The highest BCUT2D eigenvalue weighted by atomic mass is 16.5. The first-order valence-electron chi connectivity index (χ1n) is 5.37. The lowest BCUT2D eigenvalue weighted by molar-refractivity contribution is -0.139. The molecule has 1 aromatic carbocycles. The normalized spacial score (nSPS) is 10.1. The molecule has 0 radical (unpaired) electrons. The van der Waals surface area contributed by atoms with Crippen LogP contribution < -0.4 is 10.1 Å². The maximum atomic E-state index is 10.4. The number of benzene rings is 1. The molecule has 0 unspecified atom stereocenters. The molecule has 0 amide bonds. The van der Waals surface area contributed by atoms with Crippen LogP contribution in [0, 0.1) is 0 Å². The van der Waals surface area contributed by atoms with Crippen molar-refractivity contribution in [3.05, 3.63) is 29.8 Å². The molecule has 0 aliphatic heterocycles. The van der Waals surface area contributed by atoms with Gasteiger partial charge in [-0.2, -0.15) is 0 Å². The van der Waals surface area contributed by atoms with Crippen molar-refractivity contribution in [2.24, 2.45) is 0 Å². The molecule has 1 rings (SSSR count). The quantitative estimate of drug-likeness (QED) is 0.690. The van der Waals surface area contributed by atoms with Gasteiger partial charge in [0.15, 0.2) is 6.61 Å².